The van der Waals surface area contributed by atoms with E-state index in [-0.39, 0.29) is 19.0 Å². The Kier molecular flexibility index (Phi) is 6.57. The molecular formula is C19H24N4O5S. The Hall–Kier alpha value is -2.82. The summed E-state index contributed by atoms with van der Waals surface area (Å²) in [7, 11) is -0.789. The van der Waals surface area contributed by atoms with Gasteiger partial charge in [-0.05, 0) is 30.3 Å². The number of hydrogen-bond donors (Lipinski definition) is 4. The molecule has 0 aromatic heterocycles. The van der Waals surface area contributed by atoms with Crippen LogP contribution in [-0.4, -0.2) is 40.5 Å². The summed E-state index contributed by atoms with van der Waals surface area (Å²) >= 11 is 0. The van der Waals surface area contributed by atoms with Crippen LogP contribution >= 0.6 is 0 Å². The van der Waals surface area contributed by atoms with Gasteiger partial charge in [-0.2, -0.15) is 0 Å². The molecular weight excluding hydrogens is 396 g/mol. The Balaban J connectivity index is 1.66. The van der Waals surface area contributed by atoms with E-state index in [1.807, 2.05) is 18.2 Å². The highest BCUT2D eigenvalue weighted by Crippen LogP contribution is 2.21. The standard InChI is InChI=1S/C19H24N4O5S/c1-27-15-9-7-14(8-10-15)23-29(25,26)19-16(12-21-22-19)18(24)20-11-13-5-3-4-6-17(13)28-2/h3-10,16,19,21-23H,11-12H2,1-2H3,(H,20,24). The summed E-state index contributed by atoms with van der Waals surface area (Å²) in [6.45, 7) is 0.421. The summed E-state index contributed by atoms with van der Waals surface area (Å²) < 4.78 is 38.4. The molecule has 2 atom stereocenters. The molecule has 0 aliphatic carbocycles. The average molecular weight is 420 g/mol. The number of carbonyl (C=O) groups is 1. The zero-order valence-corrected chi connectivity index (χ0v) is 17.0. The summed E-state index contributed by atoms with van der Waals surface area (Å²) in [4.78, 5) is 12.7. The lowest BCUT2D eigenvalue weighted by Crippen LogP contribution is -2.46. The van der Waals surface area contributed by atoms with Gasteiger partial charge in [0.1, 0.15) is 11.5 Å². The molecule has 0 radical (unpaired) electrons. The number of hydrogen-bond acceptors (Lipinski definition) is 7. The normalized spacial score (nSPS) is 18.8. The predicted octanol–water partition coefficient (Wildman–Crippen LogP) is 0.812. The van der Waals surface area contributed by atoms with Crippen LogP contribution in [0.3, 0.4) is 0 Å². The van der Waals surface area contributed by atoms with Crippen LogP contribution in [-0.2, 0) is 21.4 Å². The lowest BCUT2D eigenvalue weighted by atomic mass is 10.1. The second kappa shape index (κ2) is 9.12. The zero-order chi connectivity index (χ0) is 20.9. The second-order valence-electron chi connectivity index (χ2n) is 6.46. The van der Waals surface area contributed by atoms with Crippen molar-refractivity contribution in [2.75, 3.05) is 25.5 Å². The van der Waals surface area contributed by atoms with Crippen molar-refractivity contribution >= 4 is 21.6 Å². The van der Waals surface area contributed by atoms with E-state index in [0.29, 0.717) is 17.2 Å². The number of benzene rings is 2. The Morgan fingerprint density at radius 3 is 2.52 bits per heavy atom. The van der Waals surface area contributed by atoms with E-state index in [9.17, 15) is 13.2 Å². The van der Waals surface area contributed by atoms with Gasteiger partial charge in [-0.25, -0.2) is 13.8 Å². The molecule has 29 heavy (non-hydrogen) atoms. The molecule has 3 rings (SSSR count). The molecule has 10 heteroatoms. The van der Waals surface area contributed by atoms with E-state index >= 15 is 0 Å². The molecule has 2 unspecified atom stereocenters. The van der Waals surface area contributed by atoms with E-state index in [1.165, 1.54) is 7.11 Å². The Bertz CT molecular complexity index is 949. The average Bonchev–Trinajstić information content (AvgIpc) is 3.24. The molecule has 1 heterocycles. The number of hydrazine groups is 1. The number of ether oxygens (including phenoxy) is 2. The predicted molar refractivity (Wildman–Crippen MR) is 109 cm³/mol. The number of methoxy groups -OCH3 is 2. The number of para-hydroxylation sites is 1. The van der Waals surface area contributed by atoms with Crippen molar-refractivity contribution < 1.29 is 22.7 Å². The Labute approximate surface area is 169 Å². The molecule has 1 saturated heterocycles. The summed E-state index contributed by atoms with van der Waals surface area (Å²) in [6.07, 6.45) is 0. The molecule has 1 aliphatic heterocycles. The summed E-state index contributed by atoms with van der Waals surface area (Å²) in [5.74, 6) is 0.0852. The smallest absolute Gasteiger partial charge is 0.250 e. The summed E-state index contributed by atoms with van der Waals surface area (Å²) in [5, 5.41) is 1.67. The third kappa shape index (κ3) is 4.97. The first-order valence-electron chi connectivity index (χ1n) is 8.98. The second-order valence-corrected chi connectivity index (χ2v) is 8.26. The minimum atomic E-state index is -3.87. The third-order valence-corrected chi connectivity index (χ3v) is 6.23. The SMILES string of the molecule is COc1ccc(NS(=O)(=O)C2NNCC2C(=O)NCc2ccccc2OC)cc1. The van der Waals surface area contributed by atoms with Crippen molar-refractivity contribution in [3.05, 3.63) is 54.1 Å². The van der Waals surface area contributed by atoms with Gasteiger partial charge in [0.15, 0.2) is 5.37 Å². The number of amides is 1. The van der Waals surface area contributed by atoms with E-state index in [4.69, 9.17) is 9.47 Å². The van der Waals surface area contributed by atoms with Gasteiger partial charge in [-0.15, -0.1) is 0 Å². The first-order chi connectivity index (χ1) is 13.9. The molecule has 1 aliphatic rings. The van der Waals surface area contributed by atoms with Crippen LogP contribution in [0.4, 0.5) is 5.69 Å². The lowest BCUT2D eigenvalue weighted by molar-refractivity contribution is -0.124. The van der Waals surface area contributed by atoms with Gasteiger partial charge in [0.05, 0.1) is 20.1 Å². The van der Waals surface area contributed by atoms with Crippen LogP contribution in [0.25, 0.3) is 0 Å². The molecule has 2 aromatic rings. The fourth-order valence-corrected chi connectivity index (χ4v) is 4.53. The fraction of sp³-hybridized carbons (Fsp3) is 0.316. The van der Waals surface area contributed by atoms with Crippen molar-refractivity contribution in [3.8, 4) is 11.5 Å². The van der Waals surface area contributed by atoms with Gasteiger partial charge >= 0.3 is 0 Å². The summed E-state index contributed by atoms with van der Waals surface area (Å²) in [6, 6.07) is 13.8. The molecule has 156 valence electrons. The zero-order valence-electron chi connectivity index (χ0n) is 16.1. The highest BCUT2D eigenvalue weighted by molar-refractivity contribution is 7.93. The van der Waals surface area contributed by atoms with Gasteiger partial charge in [-0.3, -0.25) is 14.9 Å². The van der Waals surface area contributed by atoms with Crippen molar-refractivity contribution in [2.24, 2.45) is 5.92 Å². The van der Waals surface area contributed by atoms with Crippen molar-refractivity contribution in [1.29, 1.82) is 0 Å². The number of anilines is 1. The molecule has 1 fully saturated rings. The topological polar surface area (TPSA) is 118 Å². The largest absolute Gasteiger partial charge is 0.497 e. The molecule has 0 saturated carbocycles. The molecule has 2 aromatic carbocycles. The van der Waals surface area contributed by atoms with Crippen LogP contribution < -0.4 is 30.4 Å². The number of nitrogens with one attached hydrogen (secondary N) is 4. The minimum Gasteiger partial charge on any atom is -0.497 e. The van der Waals surface area contributed by atoms with Gasteiger partial charge in [0.25, 0.3) is 10.0 Å². The monoisotopic (exact) mass is 420 g/mol. The minimum absolute atomic E-state index is 0.186. The van der Waals surface area contributed by atoms with Crippen molar-refractivity contribution in [2.45, 2.75) is 11.9 Å². The number of carbonyl (C=O) groups excluding carboxylic acids is 1. The highest BCUT2D eigenvalue weighted by atomic mass is 32.2. The van der Waals surface area contributed by atoms with E-state index in [1.54, 1.807) is 37.4 Å². The highest BCUT2D eigenvalue weighted by Gasteiger charge is 2.41. The maximum absolute atomic E-state index is 12.8. The first-order valence-corrected chi connectivity index (χ1v) is 10.5. The molecule has 0 bridgehead atoms. The Morgan fingerprint density at radius 2 is 1.83 bits per heavy atom. The maximum atomic E-state index is 12.8. The Morgan fingerprint density at radius 1 is 1.10 bits per heavy atom. The summed E-state index contributed by atoms with van der Waals surface area (Å²) in [5.41, 5.74) is 6.63. The number of sulfonamides is 1. The number of rotatable bonds is 8. The molecule has 0 spiro atoms. The quantitative estimate of drug-likeness (QED) is 0.499. The molecule has 1 amide bonds. The van der Waals surface area contributed by atoms with E-state index in [2.05, 4.69) is 20.9 Å². The van der Waals surface area contributed by atoms with Crippen molar-refractivity contribution in [1.82, 2.24) is 16.2 Å². The van der Waals surface area contributed by atoms with Crippen molar-refractivity contribution in [3.63, 3.8) is 0 Å². The molecule has 4 N–H and O–H groups in total. The lowest BCUT2D eigenvalue weighted by Gasteiger charge is -2.20. The third-order valence-electron chi connectivity index (χ3n) is 4.60. The van der Waals surface area contributed by atoms with E-state index in [0.717, 1.165) is 5.56 Å². The van der Waals surface area contributed by atoms with Gasteiger partial charge in [-0.1, -0.05) is 18.2 Å². The van der Waals surface area contributed by atoms with E-state index < -0.39 is 21.3 Å². The van der Waals surface area contributed by atoms with Crippen LogP contribution in [0.1, 0.15) is 5.56 Å². The molecule has 9 nitrogen and oxygen atoms in total. The first kappa shape index (κ1) is 20.9. The van der Waals surface area contributed by atoms with Crippen LogP contribution in [0, 0.1) is 5.92 Å². The van der Waals surface area contributed by atoms with Gasteiger partial charge in [0, 0.05) is 24.3 Å². The van der Waals surface area contributed by atoms with Crippen LogP contribution in [0.5, 0.6) is 11.5 Å². The van der Waals surface area contributed by atoms with Gasteiger partial charge in [0.2, 0.25) is 5.91 Å². The fourth-order valence-electron chi connectivity index (χ4n) is 3.05. The maximum Gasteiger partial charge on any atom is 0.250 e. The van der Waals surface area contributed by atoms with Crippen LogP contribution in [0.2, 0.25) is 0 Å². The van der Waals surface area contributed by atoms with Gasteiger partial charge < -0.3 is 14.8 Å². The van der Waals surface area contributed by atoms with Crippen LogP contribution in [0.15, 0.2) is 48.5 Å².